The maximum Gasteiger partial charge on any atom is 0.416 e. The van der Waals surface area contributed by atoms with Crippen molar-refractivity contribution in [2.24, 2.45) is 0 Å². The van der Waals surface area contributed by atoms with Gasteiger partial charge in [-0.05, 0) is 37.1 Å². The number of benzene rings is 1. The lowest BCUT2D eigenvalue weighted by Crippen LogP contribution is -2.26. The van der Waals surface area contributed by atoms with Crippen LogP contribution in [0.25, 0.3) is 10.2 Å². The molecule has 0 spiro atoms. The number of carbonyl (C=O) groups is 1. The Kier molecular flexibility index (Phi) is 5.43. The summed E-state index contributed by atoms with van der Waals surface area (Å²) in [5, 5.41) is 0.897. The van der Waals surface area contributed by atoms with Crippen LogP contribution < -0.4 is 0 Å². The quantitative estimate of drug-likeness (QED) is 0.600. The molecule has 1 amide bonds. The molecule has 0 radical (unpaired) electrons. The Morgan fingerprint density at radius 1 is 1.14 bits per heavy atom. The first-order valence-electron chi connectivity index (χ1n) is 8.80. The van der Waals surface area contributed by atoms with Gasteiger partial charge < -0.3 is 4.90 Å². The summed E-state index contributed by atoms with van der Waals surface area (Å²) in [6.45, 7) is 5.98. The van der Waals surface area contributed by atoms with Gasteiger partial charge in [0, 0.05) is 31.1 Å². The number of halogens is 3. The standard InChI is InChI=1S/C20H20F3N3OS/c1-5-15-24-12(3)16-11(2)17(28-18(16)25-15)19(27)26(4)10-13-6-8-14(9-7-13)20(21,22)23/h6-9H,5,10H2,1-4H3. The van der Waals surface area contributed by atoms with Crippen molar-refractivity contribution >= 4 is 27.5 Å². The van der Waals surface area contributed by atoms with Crippen LogP contribution in [-0.4, -0.2) is 27.8 Å². The fraction of sp³-hybridized carbons (Fsp3) is 0.350. The molecule has 1 aromatic carbocycles. The Morgan fingerprint density at radius 3 is 2.36 bits per heavy atom. The molecule has 4 nitrogen and oxygen atoms in total. The average molecular weight is 407 g/mol. The predicted octanol–water partition coefficient (Wildman–Crippen LogP) is 5.16. The Bertz CT molecular complexity index is 1030. The molecule has 3 rings (SSSR count). The van der Waals surface area contributed by atoms with Crippen LogP contribution in [0, 0.1) is 13.8 Å². The molecule has 0 aliphatic heterocycles. The predicted molar refractivity (Wildman–Crippen MR) is 104 cm³/mol. The van der Waals surface area contributed by atoms with Crippen LogP contribution in [0.5, 0.6) is 0 Å². The second kappa shape index (κ2) is 7.50. The van der Waals surface area contributed by atoms with E-state index in [0.29, 0.717) is 16.9 Å². The lowest BCUT2D eigenvalue weighted by molar-refractivity contribution is -0.137. The molecule has 0 bridgehead atoms. The number of nitrogens with zero attached hydrogens (tertiary/aromatic N) is 3. The van der Waals surface area contributed by atoms with E-state index in [2.05, 4.69) is 9.97 Å². The molecule has 0 saturated carbocycles. The smallest absolute Gasteiger partial charge is 0.337 e. The highest BCUT2D eigenvalue weighted by atomic mass is 32.1. The molecular formula is C20H20F3N3OS. The summed E-state index contributed by atoms with van der Waals surface area (Å²) in [7, 11) is 1.64. The molecule has 0 aliphatic carbocycles. The molecule has 0 atom stereocenters. The molecule has 2 aromatic heterocycles. The molecule has 0 unspecified atom stereocenters. The highest BCUT2D eigenvalue weighted by Crippen LogP contribution is 2.33. The van der Waals surface area contributed by atoms with E-state index < -0.39 is 11.7 Å². The number of aryl methyl sites for hydroxylation is 3. The maximum absolute atomic E-state index is 12.9. The molecule has 8 heteroatoms. The number of thiophene rings is 1. The van der Waals surface area contributed by atoms with Crippen molar-refractivity contribution in [3.8, 4) is 0 Å². The van der Waals surface area contributed by atoms with Crippen LogP contribution in [0.1, 0.15) is 44.8 Å². The molecule has 148 valence electrons. The van der Waals surface area contributed by atoms with Gasteiger partial charge in [-0.25, -0.2) is 9.97 Å². The first-order valence-corrected chi connectivity index (χ1v) is 9.61. The molecule has 0 saturated heterocycles. The monoisotopic (exact) mass is 407 g/mol. The molecule has 0 fully saturated rings. The topological polar surface area (TPSA) is 46.1 Å². The van der Waals surface area contributed by atoms with Crippen LogP contribution in [0.2, 0.25) is 0 Å². The van der Waals surface area contributed by atoms with E-state index in [-0.39, 0.29) is 12.5 Å². The summed E-state index contributed by atoms with van der Waals surface area (Å²) in [6.07, 6.45) is -3.66. The minimum absolute atomic E-state index is 0.183. The van der Waals surface area contributed by atoms with Crippen LogP contribution in [0.3, 0.4) is 0 Å². The number of hydrogen-bond acceptors (Lipinski definition) is 4. The zero-order valence-electron chi connectivity index (χ0n) is 16.0. The third-order valence-electron chi connectivity index (χ3n) is 4.58. The van der Waals surface area contributed by atoms with E-state index in [1.54, 1.807) is 7.05 Å². The Balaban J connectivity index is 1.85. The number of rotatable bonds is 4. The normalized spacial score (nSPS) is 11.8. The third-order valence-corrected chi connectivity index (χ3v) is 5.75. The highest BCUT2D eigenvalue weighted by molar-refractivity contribution is 7.20. The summed E-state index contributed by atoms with van der Waals surface area (Å²) in [5.41, 5.74) is 1.61. The second-order valence-electron chi connectivity index (χ2n) is 6.67. The van der Waals surface area contributed by atoms with Crippen molar-refractivity contribution in [2.75, 3.05) is 7.05 Å². The number of carbonyl (C=O) groups excluding carboxylic acids is 1. The van der Waals surface area contributed by atoms with E-state index in [1.165, 1.54) is 28.4 Å². The van der Waals surface area contributed by atoms with E-state index in [9.17, 15) is 18.0 Å². The van der Waals surface area contributed by atoms with Crippen LogP contribution in [0.15, 0.2) is 24.3 Å². The lowest BCUT2D eigenvalue weighted by atomic mass is 10.1. The second-order valence-corrected chi connectivity index (χ2v) is 7.67. The van der Waals surface area contributed by atoms with Gasteiger partial charge in [0.15, 0.2) is 0 Å². The van der Waals surface area contributed by atoms with Crippen molar-refractivity contribution in [3.63, 3.8) is 0 Å². The minimum Gasteiger partial charge on any atom is -0.337 e. The Hall–Kier alpha value is -2.48. The van der Waals surface area contributed by atoms with Gasteiger partial charge >= 0.3 is 6.18 Å². The van der Waals surface area contributed by atoms with Crippen molar-refractivity contribution < 1.29 is 18.0 Å². The number of alkyl halides is 3. The first-order chi connectivity index (χ1) is 13.1. The van der Waals surface area contributed by atoms with E-state index in [0.717, 1.165) is 39.4 Å². The number of fused-ring (bicyclic) bond motifs is 1. The lowest BCUT2D eigenvalue weighted by Gasteiger charge is -2.17. The Labute approximate surface area is 165 Å². The maximum atomic E-state index is 12.9. The SMILES string of the molecule is CCc1nc(C)c2c(C)c(C(=O)N(C)Cc3ccc(C(F)(F)F)cc3)sc2n1. The number of aromatic nitrogens is 2. The van der Waals surface area contributed by atoms with Gasteiger partial charge in [0.1, 0.15) is 10.7 Å². The zero-order valence-corrected chi connectivity index (χ0v) is 16.8. The summed E-state index contributed by atoms with van der Waals surface area (Å²) in [6, 6.07) is 4.86. The average Bonchev–Trinajstić information content (AvgIpc) is 2.97. The van der Waals surface area contributed by atoms with Gasteiger partial charge in [-0.2, -0.15) is 13.2 Å². The van der Waals surface area contributed by atoms with Crippen LogP contribution in [0.4, 0.5) is 13.2 Å². The molecule has 0 N–H and O–H groups in total. The van der Waals surface area contributed by atoms with Crippen molar-refractivity contribution in [1.29, 1.82) is 0 Å². The van der Waals surface area contributed by atoms with Crippen molar-refractivity contribution in [2.45, 2.75) is 39.9 Å². The molecule has 3 aromatic rings. The molecular weight excluding hydrogens is 387 g/mol. The van der Waals surface area contributed by atoms with Crippen LogP contribution in [-0.2, 0) is 19.1 Å². The van der Waals surface area contributed by atoms with Gasteiger partial charge in [0.05, 0.1) is 10.4 Å². The summed E-state index contributed by atoms with van der Waals surface area (Å²) < 4.78 is 38.1. The van der Waals surface area contributed by atoms with Gasteiger partial charge in [-0.1, -0.05) is 19.1 Å². The Morgan fingerprint density at radius 2 is 1.79 bits per heavy atom. The molecule has 0 aliphatic rings. The summed E-state index contributed by atoms with van der Waals surface area (Å²) in [4.78, 5) is 24.8. The number of amides is 1. The molecule has 28 heavy (non-hydrogen) atoms. The summed E-state index contributed by atoms with van der Waals surface area (Å²) >= 11 is 1.33. The number of hydrogen-bond donors (Lipinski definition) is 0. The van der Waals surface area contributed by atoms with Gasteiger partial charge in [0.25, 0.3) is 5.91 Å². The zero-order chi connectivity index (χ0) is 20.6. The van der Waals surface area contributed by atoms with Gasteiger partial charge in [-0.15, -0.1) is 11.3 Å². The summed E-state index contributed by atoms with van der Waals surface area (Å²) in [5.74, 6) is 0.557. The minimum atomic E-state index is -4.37. The van der Waals surface area contributed by atoms with E-state index in [1.807, 2.05) is 20.8 Å². The third kappa shape index (κ3) is 3.87. The fourth-order valence-corrected chi connectivity index (χ4v) is 4.32. The van der Waals surface area contributed by atoms with Gasteiger partial charge in [-0.3, -0.25) is 4.79 Å². The largest absolute Gasteiger partial charge is 0.416 e. The first kappa shape index (κ1) is 20.3. The van der Waals surface area contributed by atoms with Gasteiger partial charge in [0.2, 0.25) is 0 Å². The van der Waals surface area contributed by atoms with Crippen molar-refractivity contribution in [3.05, 3.63) is 57.4 Å². The fourth-order valence-electron chi connectivity index (χ4n) is 3.08. The van der Waals surface area contributed by atoms with E-state index >= 15 is 0 Å². The molecule has 2 heterocycles. The highest BCUT2D eigenvalue weighted by Gasteiger charge is 2.30. The van der Waals surface area contributed by atoms with Crippen LogP contribution >= 0.6 is 11.3 Å². The van der Waals surface area contributed by atoms with E-state index in [4.69, 9.17) is 0 Å². The van der Waals surface area contributed by atoms with Crippen molar-refractivity contribution in [1.82, 2.24) is 14.9 Å².